The van der Waals surface area contributed by atoms with Gasteiger partial charge in [0.25, 0.3) is 5.91 Å². The molecular formula is C6H7N13O. The molecule has 1 rings (SSSR count). The molecule has 0 saturated heterocycles. The van der Waals surface area contributed by atoms with E-state index in [-0.39, 0.29) is 5.57 Å². The summed E-state index contributed by atoms with van der Waals surface area (Å²) in [6.07, 6.45) is 3.68. The third kappa shape index (κ3) is 5.25. The first-order chi connectivity index (χ1) is 9.77. The van der Waals surface area contributed by atoms with Gasteiger partial charge in [-0.15, -0.1) is 10.2 Å². The van der Waals surface area contributed by atoms with Crippen molar-refractivity contribution in [2.75, 3.05) is 0 Å². The molecule has 1 aliphatic heterocycles. The smallest absolute Gasteiger partial charge is 0.294 e. The number of nitrogens with zero attached hydrogens (tertiary/aromatic N) is 10. The highest BCUT2D eigenvalue weighted by Crippen LogP contribution is 2.08. The van der Waals surface area contributed by atoms with Crippen LogP contribution in [-0.4, -0.2) is 12.1 Å². The average Bonchev–Trinajstić information content (AvgIpc) is 2.49. The summed E-state index contributed by atoms with van der Waals surface area (Å²) in [7, 11) is 0. The van der Waals surface area contributed by atoms with Gasteiger partial charge in [-0.1, -0.05) is 0 Å². The third-order valence-electron chi connectivity index (χ3n) is 1.68. The van der Waals surface area contributed by atoms with Crippen molar-refractivity contribution >= 4 is 5.91 Å². The van der Waals surface area contributed by atoms with Gasteiger partial charge in [0.2, 0.25) is 0 Å². The summed E-state index contributed by atoms with van der Waals surface area (Å²) in [5.41, 5.74) is 13.1. The highest BCUT2D eigenvalue weighted by atomic mass is 16.1. The predicted octanol–water partition coefficient (Wildman–Crippen LogP) is 2.41. The topological polar surface area (TPSA) is 200 Å². The number of carbonyl (C=O) groups is 1. The van der Waals surface area contributed by atoms with Gasteiger partial charge in [-0.25, -0.2) is 5.53 Å². The molecule has 0 aromatic rings. The lowest BCUT2D eigenvalue weighted by Gasteiger charge is -2.11. The molecule has 102 valence electrons. The molecule has 0 spiro atoms. The summed E-state index contributed by atoms with van der Waals surface area (Å²) in [6, 6.07) is 0. The SMILES string of the molecule is N=NN=NN=NN=NN=NC1C=C(C(=O)N=N)C=CN1. The van der Waals surface area contributed by atoms with Crippen molar-refractivity contribution in [3.63, 3.8) is 0 Å². The maximum atomic E-state index is 11.1. The second kappa shape index (κ2) is 8.61. The Kier molecular flexibility index (Phi) is 6.29. The molecule has 1 heterocycles. The standard InChI is InChI=1S/C6H7N13O/c7-10-6(20)4-1-2-9-5(3-4)11-13-15-17-19-18-16-14-12-8/h1-3,5,7-9H. The summed E-state index contributed by atoms with van der Waals surface area (Å²) < 4.78 is 0. The third-order valence-corrected chi connectivity index (χ3v) is 1.68. The van der Waals surface area contributed by atoms with Crippen LogP contribution in [0.4, 0.5) is 0 Å². The van der Waals surface area contributed by atoms with Gasteiger partial charge < -0.3 is 5.32 Å². The number of rotatable bonds is 6. The second-order valence-electron chi connectivity index (χ2n) is 2.83. The lowest BCUT2D eigenvalue weighted by atomic mass is 10.2. The molecule has 14 heteroatoms. The fourth-order valence-electron chi connectivity index (χ4n) is 0.972. The molecule has 1 unspecified atom stereocenters. The first-order valence-electron chi connectivity index (χ1n) is 4.80. The Morgan fingerprint density at radius 3 is 2.35 bits per heavy atom. The lowest BCUT2D eigenvalue weighted by Crippen LogP contribution is -2.23. The van der Waals surface area contributed by atoms with Crippen LogP contribution < -0.4 is 5.32 Å². The normalized spacial score (nSPS) is 18.8. The molecule has 0 saturated carbocycles. The van der Waals surface area contributed by atoms with E-state index in [4.69, 9.17) is 11.1 Å². The van der Waals surface area contributed by atoms with Crippen molar-refractivity contribution in [1.82, 2.24) is 5.32 Å². The van der Waals surface area contributed by atoms with E-state index in [1.165, 1.54) is 18.4 Å². The fraction of sp³-hybridized carbons (Fsp3) is 0.167. The number of hydrogen-bond acceptors (Lipinski definition) is 5. The van der Waals surface area contributed by atoms with Gasteiger partial charge in [-0.05, 0) is 60.1 Å². The number of dihydropyridines is 1. The molecule has 0 fully saturated rings. The van der Waals surface area contributed by atoms with Crippen LogP contribution in [0.25, 0.3) is 0 Å². The van der Waals surface area contributed by atoms with Crippen LogP contribution in [0.15, 0.2) is 75.9 Å². The van der Waals surface area contributed by atoms with Crippen LogP contribution in [0, 0.1) is 11.1 Å². The summed E-state index contributed by atoms with van der Waals surface area (Å²) in [4.78, 5) is 11.1. The van der Waals surface area contributed by atoms with E-state index in [2.05, 4.69) is 57.3 Å². The Morgan fingerprint density at radius 1 is 1.05 bits per heavy atom. The summed E-state index contributed by atoms with van der Waals surface area (Å²) in [6.45, 7) is 0. The van der Waals surface area contributed by atoms with Crippen LogP contribution in [0.5, 0.6) is 0 Å². The van der Waals surface area contributed by atoms with Crippen LogP contribution in [-0.2, 0) is 4.79 Å². The van der Waals surface area contributed by atoms with Crippen LogP contribution >= 0.6 is 0 Å². The van der Waals surface area contributed by atoms with Crippen molar-refractivity contribution in [1.29, 1.82) is 11.1 Å². The maximum Gasteiger partial charge on any atom is 0.294 e. The van der Waals surface area contributed by atoms with Crippen LogP contribution in [0.1, 0.15) is 0 Å². The molecule has 0 aliphatic carbocycles. The Hall–Kier alpha value is -3.45. The van der Waals surface area contributed by atoms with Gasteiger partial charge in [0.15, 0.2) is 6.17 Å². The Labute approximate surface area is 110 Å². The Bertz CT molecular complexity index is 539. The van der Waals surface area contributed by atoms with Gasteiger partial charge in [0.05, 0.1) is 0 Å². The van der Waals surface area contributed by atoms with E-state index in [1.54, 1.807) is 0 Å². The minimum absolute atomic E-state index is 0.207. The highest BCUT2D eigenvalue weighted by Gasteiger charge is 2.12. The molecule has 1 atom stereocenters. The van der Waals surface area contributed by atoms with Gasteiger partial charge >= 0.3 is 0 Å². The zero-order valence-electron chi connectivity index (χ0n) is 9.69. The molecule has 0 aromatic carbocycles. The minimum Gasteiger partial charge on any atom is -0.365 e. The van der Waals surface area contributed by atoms with Crippen molar-refractivity contribution in [3.05, 3.63) is 23.9 Å². The van der Waals surface area contributed by atoms with Crippen molar-refractivity contribution < 1.29 is 4.79 Å². The van der Waals surface area contributed by atoms with E-state index >= 15 is 0 Å². The summed E-state index contributed by atoms with van der Waals surface area (Å²) in [5, 5.41) is 33.0. The van der Waals surface area contributed by atoms with Crippen molar-refractivity contribution in [2.24, 2.45) is 52.0 Å². The molecule has 1 amide bonds. The molecular weight excluding hydrogens is 270 g/mol. The van der Waals surface area contributed by atoms with Crippen molar-refractivity contribution in [3.8, 4) is 0 Å². The van der Waals surface area contributed by atoms with E-state index in [0.717, 1.165) is 0 Å². The first-order valence-corrected chi connectivity index (χ1v) is 4.80. The van der Waals surface area contributed by atoms with Gasteiger partial charge in [0, 0.05) is 5.57 Å². The fourth-order valence-corrected chi connectivity index (χ4v) is 0.972. The Balaban J connectivity index is 2.50. The van der Waals surface area contributed by atoms with E-state index in [9.17, 15) is 4.79 Å². The molecule has 0 radical (unpaired) electrons. The average molecular weight is 277 g/mol. The molecule has 0 bridgehead atoms. The molecule has 14 nitrogen and oxygen atoms in total. The largest absolute Gasteiger partial charge is 0.365 e. The summed E-state index contributed by atoms with van der Waals surface area (Å²) in [5.74, 6) is -0.691. The van der Waals surface area contributed by atoms with Gasteiger partial charge in [-0.2, -0.15) is 5.53 Å². The number of nitrogens with one attached hydrogen (secondary N) is 3. The predicted molar refractivity (Wildman–Crippen MR) is 58.9 cm³/mol. The van der Waals surface area contributed by atoms with Gasteiger partial charge in [0.1, 0.15) is 0 Å². The number of hydrogen-bond donors (Lipinski definition) is 3. The molecule has 1 aliphatic rings. The van der Waals surface area contributed by atoms with E-state index in [0.29, 0.717) is 0 Å². The van der Waals surface area contributed by atoms with Crippen molar-refractivity contribution in [2.45, 2.75) is 6.17 Å². The van der Waals surface area contributed by atoms with Crippen LogP contribution in [0.2, 0.25) is 0 Å². The highest BCUT2D eigenvalue weighted by molar-refractivity contribution is 5.96. The monoisotopic (exact) mass is 277 g/mol. The maximum absolute atomic E-state index is 11.1. The molecule has 3 N–H and O–H groups in total. The molecule has 20 heavy (non-hydrogen) atoms. The zero-order chi connectivity index (χ0) is 14.6. The van der Waals surface area contributed by atoms with Gasteiger partial charge in [-0.3, -0.25) is 4.79 Å². The molecule has 0 aromatic heterocycles. The zero-order valence-corrected chi connectivity index (χ0v) is 9.69. The quantitative estimate of drug-likeness (QED) is 0.494. The number of amides is 1. The second-order valence-corrected chi connectivity index (χ2v) is 2.83. The first kappa shape index (κ1) is 14.6. The summed E-state index contributed by atoms with van der Waals surface area (Å²) >= 11 is 0. The number of carbonyl (C=O) groups excluding carboxylic acids is 1. The lowest BCUT2D eigenvalue weighted by molar-refractivity contribution is -0.114. The van der Waals surface area contributed by atoms with E-state index < -0.39 is 12.1 Å². The van der Waals surface area contributed by atoms with E-state index in [1.807, 2.05) is 0 Å². The minimum atomic E-state index is -0.691. The Morgan fingerprint density at radius 2 is 1.70 bits per heavy atom. The van der Waals surface area contributed by atoms with Crippen LogP contribution in [0.3, 0.4) is 0 Å².